The van der Waals surface area contributed by atoms with Gasteiger partial charge < -0.3 is 8.98 Å². The summed E-state index contributed by atoms with van der Waals surface area (Å²) in [5.74, 6) is 1.84. The van der Waals surface area contributed by atoms with Gasteiger partial charge in [0.15, 0.2) is 23.1 Å². The number of benzene rings is 8. The van der Waals surface area contributed by atoms with E-state index in [1.807, 2.05) is 60.7 Å². The van der Waals surface area contributed by atoms with Crippen LogP contribution in [0, 0.1) is 0 Å². The van der Waals surface area contributed by atoms with E-state index in [0.717, 1.165) is 66.1 Å². The van der Waals surface area contributed by atoms with E-state index >= 15 is 0 Å². The van der Waals surface area contributed by atoms with Crippen LogP contribution in [0.3, 0.4) is 0 Å². The zero-order valence-electron chi connectivity index (χ0n) is 27.9. The van der Waals surface area contributed by atoms with E-state index < -0.39 is 0 Å². The highest BCUT2D eigenvalue weighted by atomic mass is 16.3. The summed E-state index contributed by atoms with van der Waals surface area (Å²) < 4.78 is 9.25. The topological polar surface area (TPSA) is 56.7 Å². The fourth-order valence-corrected chi connectivity index (χ4v) is 7.69. The minimum atomic E-state index is 0.595. The van der Waals surface area contributed by atoms with Gasteiger partial charge in [-0.15, -0.1) is 0 Å². The van der Waals surface area contributed by atoms with Crippen LogP contribution in [0.4, 0.5) is 0 Å². The minimum Gasteiger partial charge on any atom is -0.454 e. The molecular formula is C47H28N4O. The van der Waals surface area contributed by atoms with Crippen LogP contribution in [0.25, 0.3) is 105 Å². The zero-order chi connectivity index (χ0) is 34.2. The van der Waals surface area contributed by atoms with Gasteiger partial charge in [0.1, 0.15) is 5.58 Å². The highest BCUT2D eigenvalue weighted by Gasteiger charge is 2.22. The average Bonchev–Trinajstić information content (AvgIpc) is 3.73. The molecule has 0 saturated carbocycles. The number of furan rings is 1. The van der Waals surface area contributed by atoms with Crippen molar-refractivity contribution in [3.8, 4) is 39.9 Å². The Morgan fingerprint density at radius 2 is 0.885 bits per heavy atom. The summed E-state index contributed by atoms with van der Waals surface area (Å²) in [6.07, 6.45) is 0. The molecule has 0 atom stereocenters. The number of aromatic nitrogens is 4. The van der Waals surface area contributed by atoms with Crippen molar-refractivity contribution in [3.63, 3.8) is 0 Å². The summed E-state index contributed by atoms with van der Waals surface area (Å²) in [5, 5.41) is 9.10. The fraction of sp³-hybridized carbons (Fsp3) is 0. The van der Waals surface area contributed by atoms with Crippen LogP contribution in [0.15, 0.2) is 174 Å². The van der Waals surface area contributed by atoms with E-state index in [1.54, 1.807) is 0 Å². The molecule has 5 heteroatoms. The van der Waals surface area contributed by atoms with Gasteiger partial charge in [-0.25, -0.2) is 15.0 Å². The van der Waals surface area contributed by atoms with E-state index in [9.17, 15) is 0 Å². The van der Waals surface area contributed by atoms with Gasteiger partial charge >= 0.3 is 0 Å². The summed E-state index contributed by atoms with van der Waals surface area (Å²) in [4.78, 5) is 15.3. The summed E-state index contributed by atoms with van der Waals surface area (Å²) in [5.41, 5.74) is 7.52. The quantitative estimate of drug-likeness (QED) is 0.188. The van der Waals surface area contributed by atoms with Crippen LogP contribution in [-0.4, -0.2) is 19.5 Å². The van der Waals surface area contributed by atoms with Crippen LogP contribution >= 0.6 is 0 Å². The number of para-hydroxylation sites is 1. The first kappa shape index (κ1) is 28.7. The maximum absolute atomic E-state index is 6.90. The molecule has 0 unspecified atom stereocenters. The van der Waals surface area contributed by atoms with Crippen LogP contribution in [0.2, 0.25) is 0 Å². The number of hydrogen-bond donors (Lipinski definition) is 0. The van der Waals surface area contributed by atoms with Crippen molar-refractivity contribution in [1.29, 1.82) is 0 Å². The Bertz CT molecular complexity index is 3120. The summed E-state index contributed by atoms with van der Waals surface area (Å²) in [6, 6.07) is 59.2. The summed E-state index contributed by atoms with van der Waals surface area (Å²) in [7, 11) is 0. The Hall–Kier alpha value is -7.11. The Morgan fingerprint density at radius 1 is 0.365 bits per heavy atom. The molecule has 5 nitrogen and oxygen atoms in total. The molecule has 3 heterocycles. The molecule has 0 aliphatic rings. The van der Waals surface area contributed by atoms with Gasteiger partial charge in [0.2, 0.25) is 0 Å². The van der Waals surface area contributed by atoms with Crippen molar-refractivity contribution in [3.05, 3.63) is 170 Å². The van der Waals surface area contributed by atoms with Gasteiger partial charge in [0.25, 0.3) is 0 Å². The van der Waals surface area contributed by atoms with Gasteiger partial charge in [0.05, 0.1) is 16.7 Å². The van der Waals surface area contributed by atoms with Gasteiger partial charge in [-0.2, -0.15) is 0 Å². The average molecular weight is 665 g/mol. The van der Waals surface area contributed by atoms with Crippen LogP contribution < -0.4 is 0 Å². The van der Waals surface area contributed by atoms with Crippen molar-refractivity contribution in [2.24, 2.45) is 0 Å². The minimum absolute atomic E-state index is 0.595. The second-order valence-corrected chi connectivity index (χ2v) is 13.3. The molecule has 0 saturated heterocycles. The third-order valence-electron chi connectivity index (χ3n) is 10.2. The predicted octanol–water partition coefficient (Wildman–Crippen LogP) is 12.2. The normalized spacial score (nSPS) is 11.8. The maximum atomic E-state index is 6.90. The Balaban J connectivity index is 1.27. The van der Waals surface area contributed by atoms with Gasteiger partial charge in [-0.05, 0) is 64.0 Å². The first-order valence-electron chi connectivity index (χ1n) is 17.4. The van der Waals surface area contributed by atoms with E-state index in [1.165, 1.54) is 21.5 Å². The smallest absolute Gasteiger partial charge is 0.164 e. The highest BCUT2D eigenvalue weighted by molar-refractivity contribution is 6.17. The molecule has 0 aliphatic carbocycles. The van der Waals surface area contributed by atoms with Gasteiger partial charge in [-0.3, -0.25) is 0 Å². The third kappa shape index (κ3) is 4.46. The molecular weight excluding hydrogens is 637 g/mol. The second kappa shape index (κ2) is 11.2. The number of nitrogens with zero attached hydrogens (tertiary/aromatic N) is 4. The Morgan fingerprint density at radius 3 is 1.54 bits per heavy atom. The second-order valence-electron chi connectivity index (χ2n) is 13.3. The lowest BCUT2D eigenvalue weighted by atomic mass is 10.0. The molecule has 0 spiro atoms. The lowest BCUT2D eigenvalue weighted by Crippen LogP contribution is -2.01. The number of hydrogen-bond acceptors (Lipinski definition) is 4. The molecule has 0 radical (unpaired) electrons. The molecule has 3 aromatic heterocycles. The standard InChI is InChI=1S/C47H28N4O/c1-3-13-29(14-4-1)45-48-46(30-15-5-2-6-16-30)50-47(49-45)35-25-39-38-24-32-18-8-10-20-34(32)28-43(38)52-44(39)42(27-35)51-40-22-12-11-21-36(40)37-23-31-17-7-9-19-33(31)26-41(37)51/h1-28H. The number of rotatable bonds is 4. The van der Waals surface area contributed by atoms with E-state index in [2.05, 4.69) is 114 Å². The Labute approximate surface area is 298 Å². The van der Waals surface area contributed by atoms with E-state index in [0.29, 0.717) is 17.5 Å². The van der Waals surface area contributed by atoms with E-state index in [4.69, 9.17) is 19.4 Å². The predicted molar refractivity (Wildman–Crippen MR) is 213 cm³/mol. The van der Waals surface area contributed by atoms with Gasteiger partial charge in [-0.1, -0.05) is 127 Å². The molecule has 0 amide bonds. The van der Waals surface area contributed by atoms with E-state index in [-0.39, 0.29) is 0 Å². The van der Waals surface area contributed by atoms with Crippen LogP contribution in [0.1, 0.15) is 0 Å². The lowest BCUT2D eigenvalue weighted by molar-refractivity contribution is 0.667. The van der Waals surface area contributed by atoms with Crippen molar-refractivity contribution in [2.45, 2.75) is 0 Å². The largest absolute Gasteiger partial charge is 0.454 e. The molecule has 0 N–H and O–H groups in total. The summed E-state index contributed by atoms with van der Waals surface area (Å²) in [6.45, 7) is 0. The molecule has 8 aromatic carbocycles. The molecule has 11 aromatic rings. The first-order valence-corrected chi connectivity index (χ1v) is 17.4. The highest BCUT2D eigenvalue weighted by Crippen LogP contribution is 2.42. The zero-order valence-corrected chi connectivity index (χ0v) is 27.9. The Kier molecular flexibility index (Phi) is 6.18. The fourth-order valence-electron chi connectivity index (χ4n) is 7.69. The third-order valence-corrected chi connectivity index (χ3v) is 10.2. The molecule has 0 aliphatic heterocycles. The van der Waals surface area contributed by atoms with Crippen molar-refractivity contribution in [1.82, 2.24) is 19.5 Å². The lowest BCUT2D eigenvalue weighted by Gasteiger charge is -2.13. The van der Waals surface area contributed by atoms with Crippen molar-refractivity contribution >= 4 is 65.3 Å². The van der Waals surface area contributed by atoms with Crippen LogP contribution in [-0.2, 0) is 0 Å². The molecule has 242 valence electrons. The first-order chi connectivity index (χ1) is 25.7. The van der Waals surface area contributed by atoms with Crippen molar-refractivity contribution in [2.75, 3.05) is 0 Å². The summed E-state index contributed by atoms with van der Waals surface area (Å²) >= 11 is 0. The van der Waals surface area contributed by atoms with Crippen molar-refractivity contribution < 1.29 is 4.42 Å². The number of fused-ring (bicyclic) bond motifs is 8. The molecule has 0 fully saturated rings. The monoisotopic (exact) mass is 664 g/mol. The molecule has 11 rings (SSSR count). The maximum Gasteiger partial charge on any atom is 0.164 e. The van der Waals surface area contributed by atoms with Crippen LogP contribution in [0.5, 0.6) is 0 Å². The molecule has 0 bridgehead atoms. The SMILES string of the molecule is c1ccc(-c2nc(-c3ccccc3)nc(-c3cc(-n4c5ccccc5c5cc6ccccc6cc54)c4oc5cc6ccccc6cc5c4c3)n2)cc1. The molecule has 52 heavy (non-hydrogen) atoms. The van der Waals surface area contributed by atoms with Gasteiger partial charge in [0, 0.05) is 38.2 Å².